The third kappa shape index (κ3) is 4.73. The van der Waals surface area contributed by atoms with E-state index >= 15 is 0 Å². The van der Waals surface area contributed by atoms with Crippen molar-refractivity contribution in [3.8, 4) is 0 Å². The number of benzene rings is 1. The van der Waals surface area contributed by atoms with E-state index in [2.05, 4.69) is 47.9 Å². The maximum atomic E-state index is 12.9. The number of carbonyl (C=O) groups excluding carboxylic acids is 2. The van der Waals surface area contributed by atoms with Gasteiger partial charge in [-0.3, -0.25) is 9.59 Å². The average molecular weight is 411 g/mol. The van der Waals surface area contributed by atoms with Crippen molar-refractivity contribution in [2.75, 3.05) is 26.2 Å². The molecule has 3 fully saturated rings. The first-order valence-corrected chi connectivity index (χ1v) is 12.2. The summed E-state index contributed by atoms with van der Waals surface area (Å²) in [5, 5.41) is 0. The molecule has 1 aromatic rings. The van der Waals surface area contributed by atoms with Crippen LogP contribution in [0.5, 0.6) is 0 Å². The van der Waals surface area contributed by atoms with Gasteiger partial charge in [-0.25, -0.2) is 0 Å². The summed E-state index contributed by atoms with van der Waals surface area (Å²) in [6.45, 7) is 7.93. The molecule has 4 rings (SSSR count). The molecule has 4 heteroatoms. The molecule has 1 aliphatic carbocycles. The molecular weight excluding hydrogens is 372 g/mol. The van der Waals surface area contributed by atoms with Crippen molar-refractivity contribution in [3.05, 3.63) is 35.9 Å². The minimum Gasteiger partial charge on any atom is -0.342 e. The second-order valence-corrected chi connectivity index (χ2v) is 9.87. The molecule has 0 spiro atoms. The maximum absolute atomic E-state index is 12.9. The summed E-state index contributed by atoms with van der Waals surface area (Å²) in [6.07, 6.45) is 7.65. The largest absolute Gasteiger partial charge is 0.342 e. The van der Waals surface area contributed by atoms with E-state index in [9.17, 15) is 9.59 Å². The number of rotatable bonds is 6. The van der Waals surface area contributed by atoms with Gasteiger partial charge in [-0.05, 0) is 61.8 Å². The van der Waals surface area contributed by atoms with Gasteiger partial charge >= 0.3 is 0 Å². The van der Waals surface area contributed by atoms with Crippen LogP contribution in [0.25, 0.3) is 0 Å². The smallest absolute Gasteiger partial charge is 0.226 e. The van der Waals surface area contributed by atoms with Crippen LogP contribution in [-0.2, 0) is 9.59 Å². The zero-order valence-corrected chi connectivity index (χ0v) is 18.8. The molecule has 164 valence electrons. The lowest BCUT2D eigenvalue weighted by Crippen LogP contribution is -2.45. The Labute approximate surface area is 182 Å². The Bertz CT molecular complexity index is 718. The summed E-state index contributed by atoms with van der Waals surface area (Å²) in [7, 11) is 0. The number of amides is 2. The topological polar surface area (TPSA) is 40.6 Å². The summed E-state index contributed by atoms with van der Waals surface area (Å²) in [4.78, 5) is 29.8. The highest BCUT2D eigenvalue weighted by Crippen LogP contribution is 2.48. The third-order valence-corrected chi connectivity index (χ3v) is 7.85. The van der Waals surface area contributed by atoms with Gasteiger partial charge in [0, 0.05) is 38.0 Å². The van der Waals surface area contributed by atoms with E-state index in [1.165, 1.54) is 5.56 Å². The van der Waals surface area contributed by atoms with E-state index in [1.807, 2.05) is 6.07 Å². The van der Waals surface area contributed by atoms with Gasteiger partial charge < -0.3 is 9.80 Å². The summed E-state index contributed by atoms with van der Waals surface area (Å²) < 4.78 is 0. The fourth-order valence-corrected chi connectivity index (χ4v) is 5.82. The van der Waals surface area contributed by atoms with E-state index in [1.54, 1.807) is 0 Å². The first kappa shape index (κ1) is 21.4. The lowest BCUT2D eigenvalue weighted by molar-refractivity contribution is -0.138. The summed E-state index contributed by atoms with van der Waals surface area (Å²) >= 11 is 0. The van der Waals surface area contributed by atoms with Crippen molar-refractivity contribution >= 4 is 11.8 Å². The van der Waals surface area contributed by atoms with Crippen LogP contribution in [-0.4, -0.2) is 47.8 Å². The molecule has 0 radical (unpaired) electrons. The van der Waals surface area contributed by atoms with Gasteiger partial charge in [0.2, 0.25) is 11.8 Å². The van der Waals surface area contributed by atoms with E-state index in [0.717, 1.165) is 83.0 Å². The monoisotopic (exact) mass is 410 g/mol. The number of hydrogen-bond acceptors (Lipinski definition) is 2. The Kier molecular flexibility index (Phi) is 6.80. The molecular formula is C26H38N2O2. The summed E-state index contributed by atoms with van der Waals surface area (Å²) in [5.74, 6) is 3.01. The lowest BCUT2D eigenvalue weighted by Gasteiger charge is -2.40. The van der Waals surface area contributed by atoms with Gasteiger partial charge in [-0.2, -0.15) is 0 Å². The molecule has 2 aliphatic heterocycles. The normalized spacial score (nSPS) is 26.5. The lowest BCUT2D eigenvalue weighted by atomic mass is 9.78. The van der Waals surface area contributed by atoms with Crippen LogP contribution >= 0.6 is 0 Å². The van der Waals surface area contributed by atoms with Gasteiger partial charge in [0.15, 0.2) is 0 Å². The fourth-order valence-electron chi connectivity index (χ4n) is 5.82. The van der Waals surface area contributed by atoms with Gasteiger partial charge in [0.05, 0.1) is 0 Å². The van der Waals surface area contributed by atoms with Gasteiger partial charge in [0.25, 0.3) is 0 Å². The molecule has 3 atom stereocenters. The predicted octanol–water partition coefficient (Wildman–Crippen LogP) is 4.70. The van der Waals surface area contributed by atoms with Crippen molar-refractivity contribution in [2.45, 2.75) is 64.7 Å². The van der Waals surface area contributed by atoms with Gasteiger partial charge in [0.1, 0.15) is 0 Å². The highest BCUT2D eigenvalue weighted by molar-refractivity contribution is 5.83. The van der Waals surface area contributed by atoms with E-state index in [4.69, 9.17) is 0 Å². The van der Waals surface area contributed by atoms with Crippen LogP contribution in [0.2, 0.25) is 0 Å². The van der Waals surface area contributed by atoms with Crippen LogP contribution in [0, 0.1) is 23.7 Å². The molecule has 0 bridgehead atoms. The number of hydrogen-bond donors (Lipinski definition) is 0. The molecule has 1 saturated carbocycles. The van der Waals surface area contributed by atoms with Gasteiger partial charge in [-0.1, -0.05) is 50.6 Å². The molecule has 2 heterocycles. The maximum Gasteiger partial charge on any atom is 0.226 e. The number of likely N-dealkylation sites (tertiary alicyclic amines) is 2. The number of nitrogens with zero attached hydrogens (tertiary/aromatic N) is 2. The zero-order valence-electron chi connectivity index (χ0n) is 18.8. The summed E-state index contributed by atoms with van der Waals surface area (Å²) in [5.41, 5.74) is 1.32. The highest BCUT2D eigenvalue weighted by atomic mass is 16.2. The van der Waals surface area contributed by atoms with E-state index in [0.29, 0.717) is 17.7 Å². The minimum absolute atomic E-state index is 0.169. The van der Waals surface area contributed by atoms with Crippen LogP contribution in [0.3, 0.4) is 0 Å². The van der Waals surface area contributed by atoms with Crippen LogP contribution in [0.15, 0.2) is 30.3 Å². The van der Waals surface area contributed by atoms with Crippen LogP contribution in [0.1, 0.15) is 70.3 Å². The Hall–Kier alpha value is -1.84. The summed E-state index contributed by atoms with van der Waals surface area (Å²) in [6, 6.07) is 10.5. The molecule has 0 N–H and O–H groups in total. The Morgan fingerprint density at radius 1 is 0.933 bits per heavy atom. The van der Waals surface area contributed by atoms with Crippen molar-refractivity contribution in [2.24, 2.45) is 23.7 Å². The molecule has 30 heavy (non-hydrogen) atoms. The van der Waals surface area contributed by atoms with Crippen molar-refractivity contribution in [1.82, 2.24) is 9.80 Å². The number of carbonyl (C=O) groups is 2. The van der Waals surface area contributed by atoms with Crippen molar-refractivity contribution in [1.29, 1.82) is 0 Å². The highest BCUT2D eigenvalue weighted by Gasteiger charge is 2.46. The second-order valence-electron chi connectivity index (χ2n) is 9.87. The Morgan fingerprint density at radius 2 is 1.50 bits per heavy atom. The fraction of sp³-hybridized carbons (Fsp3) is 0.692. The number of piperidine rings is 2. The Balaban J connectivity index is 1.20. The zero-order chi connectivity index (χ0) is 21.1. The average Bonchev–Trinajstić information content (AvgIpc) is 3.60. The van der Waals surface area contributed by atoms with E-state index in [-0.39, 0.29) is 11.8 Å². The van der Waals surface area contributed by atoms with Gasteiger partial charge in [-0.15, -0.1) is 0 Å². The first-order chi connectivity index (χ1) is 14.6. The molecule has 3 unspecified atom stereocenters. The minimum atomic E-state index is 0.169. The molecule has 4 nitrogen and oxygen atoms in total. The molecule has 2 amide bonds. The Morgan fingerprint density at radius 3 is 2.07 bits per heavy atom. The molecule has 1 aromatic carbocycles. The standard InChI is InChI=1S/C26H38N2O2/c1-3-7-19(2)25(29)27-14-10-20(11-15-27)21-12-16-28(17-13-21)26(30)24-18-23(24)22-8-5-4-6-9-22/h4-6,8-9,19-21,23-24H,3,7,10-18H2,1-2H3. The van der Waals surface area contributed by atoms with Crippen molar-refractivity contribution < 1.29 is 9.59 Å². The molecule has 2 saturated heterocycles. The SMILES string of the molecule is CCCC(C)C(=O)N1CCC(C2CCN(C(=O)C3CC3c3ccccc3)CC2)CC1. The van der Waals surface area contributed by atoms with Crippen LogP contribution < -0.4 is 0 Å². The predicted molar refractivity (Wildman–Crippen MR) is 120 cm³/mol. The quantitative estimate of drug-likeness (QED) is 0.682. The van der Waals surface area contributed by atoms with E-state index < -0.39 is 0 Å². The first-order valence-electron chi connectivity index (χ1n) is 12.2. The van der Waals surface area contributed by atoms with Crippen LogP contribution in [0.4, 0.5) is 0 Å². The van der Waals surface area contributed by atoms with Crippen molar-refractivity contribution in [3.63, 3.8) is 0 Å². The molecule has 0 aromatic heterocycles. The second kappa shape index (κ2) is 9.53. The third-order valence-electron chi connectivity index (χ3n) is 7.85. The molecule has 3 aliphatic rings.